The van der Waals surface area contributed by atoms with Gasteiger partial charge in [-0.2, -0.15) is 5.26 Å². The molecule has 0 saturated carbocycles. The van der Waals surface area contributed by atoms with Crippen LogP contribution in [0.25, 0.3) is 0 Å². The van der Waals surface area contributed by atoms with E-state index in [1.165, 1.54) is 5.56 Å². The topological polar surface area (TPSA) is 39.1 Å². The number of benzene rings is 1. The van der Waals surface area contributed by atoms with Crippen LogP contribution in [0.15, 0.2) is 22.7 Å². The molecule has 0 aliphatic carbocycles. The third-order valence-electron chi connectivity index (χ3n) is 3.08. The summed E-state index contributed by atoms with van der Waals surface area (Å²) in [6.45, 7) is 4.79. The first-order valence-electron chi connectivity index (χ1n) is 6.07. The van der Waals surface area contributed by atoms with Crippen molar-refractivity contribution in [3.05, 3.63) is 28.2 Å². The van der Waals surface area contributed by atoms with Crippen molar-refractivity contribution in [2.24, 2.45) is 5.92 Å². The van der Waals surface area contributed by atoms with Crippen molar-refractivity contribution in [2.45, 2.75) is 19.9 Å². The fourth-order valence-corrected chi connectivity index (χ4v) is 2.52. The number of hydrogen-bond acceptors (Lipinski definition) is 3. The van der Waals surface area contributed by atoms with E-state index in [2.05, 4.69) is 57.3 Å². The predicted octanol–water partition coefficient (Wildman–Crippen LogP) is 3.33. The zero-order valence-electron chi connectivity index (χ0n) is 11.4. The normalized spacial score (nSPS) is 13.8. The minimum Gasteiger partial charge on any atom is -0.372 e. The smallest absolute Gasteiger partial charge is 0.0671 e. The predicted molar refractivity (Wildman–Crippen MR) is 79.7 cm³/mol. The van der Waals surface area contributed by atoms with Crippen LogP contribution in [-0.4, -0.2) is 20.6 Å². The molecule has 1 aromatic carbocycles. The molecule has 2 unspecified atom stereocenters. The van der Waals surface area contributed by atoms with E-state index in [4.69, 9.17) is 5.26 Å². The summed E-state index contributed by atoms with van der Waals surface area (Å²) in [5.74, 6) is 0.0257. The lowest BCUT2D eigenvalue weighted by Crippen LogP contribution is -2.23. The van der Waals surface area contributed by atoms with Crippen molar-refractivity contribution < 1.29 is 0 Å². The Hall–Kier alpha value is -1.05. The number of rotatable bonds is 5. The Bertz CT molecular complexity index is 439. The summed E-state index contributed by atoms with van der Waals surface area (Å²) in [7, 11) is 3.96. The van der Waals surface area contributed by atoms with Crippen molar-refractivity contribution in [1.82, 2.24) is 5.32 Å². The maximum Gasteiger partial charge on any atom is 0.0671 e. The first-order chi connectivity index (χ1) is 8.49. The second kappa shape index (κ2) is 6.77. The molecule has 0 bridgehead atoms. The van der Waals surface area contributed by atoms with Gasteiger partial charge >= 0.3 is 0 Å². The summed E-state index contributed by atoms with van der Waals surface area (Å²) in [5, 5.41) is 12.1. The number of hydrogen-bond donors (Lipinski definition) is 1. The molecule has 0 heterocycles. The van der Waals surface area contributed by atoms with E-state index < -0.39 is 0 Å². The molecule has 18 heavy (non-hydrogen) atoms. The van der Waals surface area contributed by atoms with Crippen LogP contribution in [0.4, 0.5) is 5.69 Å². The summed E-state index contributed by atoms with van der Waals surface area (Å²) >= 11 is 3.60. The van der Waals surface area contributed by atoms with Gasteiger partial charge in [0, 0.05) is 24.1 Å². The third-order valence-corrected chi connectivity index (χ3v) is 3.72. The van der Waals surface area contributed by atoms with E-state index in [0.29, 0.717) is 6.04 Å². The molecule has 4 heteroatoms. The average Bonchev–Trinajstić information content (AvgIpc) is 2.37. The Balaban J connectivity index is 2.89. The Morgan fingerprint density at radius 1 is 1.44 bits per heavy atom. The molecule has 0 spiro atoms. The minimum atomic E-state index is 0.0257. The van der Waals surface area contributed by atoms with Crippen molar-refractivity contribution in [1.29, 1.82) is 5.26 Å². The number of nitrogens with one attached hydrogen (secondary N) is 1. The van der Waals surface area contributed by atoms with Gasteiger partial charge in [-0.25, -0.2) is 0 Å². The van der Waals surface area contributed by atoms with E-state index in [0.717, 1.165) is 16.7 Å². The number of halogens is 1. The molecule has 0 aliphatic rings. The van der Waals surface area contributed by atoms with Crippen molar-refractivity contribution in [3.8, 4) is 6.07 Å². The second-order valence-electron chi connectivity index (χ2n) is 4.63. The van der Waals surface area contributed by atoms with Crippen LogP contribution in [0.1, 0.15) is 25.5 Å². The van der Waals surface area contributed by atoms with Crippen LogP contribution in [0.5, 0.6) is 0 Å². The summed E-state index contributed by atoms with van der Waals surface area (Å²) < 4.78 is 1.06. The molecule has 0 saturated heterocycles. The summed E-state index contributed by atoms with van der Waals surface area (Å²) in [6, 6.07) is 8.93. The molecule has 3 nitrogen and oxygen atoms in total. The van der Waals surface area contributed by atoms with Gasteiger partial charge in [-0.1, -0.05) is 6.07 Å². The minimum absolute atomic E-state index is 0.0257. The monoisotopic (exact) mass is 309 g/mol. The van der Waals surface area contributed by atoms with Crippen LogP contribution >= 0.6 is 15.9 Å². The molecule has 98 valence electrons. The van der Waals surface area contributed by atoms with Gasteiger partial charge < -0.3 is 10.2 Å². The molecule has 1 N–H and O–H groups in total. The van der Waals surface area contributed by atoms with Crippen molar-refractivity contribution in [3.63, 3.8) is 0 Å². The molecule has 0 fully saturated rings. The fourth-order valence-electron chi connectivity index (χ4n) is 1.82. The highest BCUT2D eigenvalue weighted by atomic mass is 79.9. The molecular weight excluding hydrogens is 290 g/mol. The van der Waals surface area contributed by atoms with Crippen LogP contribution in [0.3, 0.4) is 0 Å². The maximum atomic E-state index is 8.85. The zero-order valence-corrected chi connectivity index (χ0v) is 13.0. The maximum absolute atomic E-state index is 8.85. The lowest BCUT2D eigenvalue weighted by Gasteiger charge is -2.23. The van der Waals surface area contributed by atoms with Gasteiger partial charge in [0.1, 0.15) is 0 Å². The SMILES string of the molecule is CNC(C)c1ccc(N(C)CC(C)C#N)c(Br)c1. The van der Waals surface area contributed by atoms with E-state index in [1.54, 1.807) is 0 Å². The summed E-state index contributed by atoms with van der Waals surface area (Å²) in [4.78, 5) is 2.10. The fraction of sp³-hybridized carbons (Fsp3) is 0.500. The first kappa shape index (κ1) is 15.0. The largest absolute Gasteiger partial charge is 0.372 e. The average molecular weight is 310 g/mol. The van der Waals surface area contributed by atoms with Crippen molar-refractivity contribution >= 4 is 21.6 Å². The van der Waals surface area contributed by atoms with Crippen LogP contribution in [-0.2, 0) is 0 Å². The van der Waals surface area contributed by atoms with Gasteiger partial charge in [0.2, 0.25) is 0 Å². The van der Waals surface area contributed by atoms with E-state index in [1.807, 2.05) is 21.0 Å². The van der Waals surface area contributed by atoms with Gasteiger partial charge in [-0.05, 0) is 54.5 Å². The van der Waals surface area contributed by atoms with Crippen LogP contribution in [0, 0.1) is 17.2 Å². The molecule has 1 rings (SSSR count). The van der Waals surface area contributed by atoms with Crippen LogP contribution < -0.4 is 10.2 Å². The molecular formula is C14H20BrN3. The highest BCUT2D eigenvalue weighted by molar-refractivity contribution is 9.10. The highest BCUT2D eigenvalue weighted by Gasteiger charge is 2.11. The van der Waals surface area contributed by atoms with E-state index in [-0.39, 0.29) is 5.92 Å². The molecule has 0 aromatic heterocycles. The quantitative estimate of drug-likeness (QED) is 0.907. The van der Waals surface area contributed by atoms with E-state index >= 15 is 0 Å². The van der Waals surface area contributed by atoms with Crippen LogP contribution in [0.2, 0.25) is 0 Å². The standard InChI is InChI=1S/C14H20BrN3/c1-10(8-16)9-18(4)14-6-5-12(7-13(14)15)11(2)17-3/h5-7,10-11,17H,9H2,1-4H3. The summed E-state index contributed by atoms with van der Waals surface area (Å²) in [5.41, 5.74) is 2.36. The molecule has 0 amide bonds. The van der Waals surface area contributed by atoms with Gasteiger partial charge in [0.25, 0.3) is 0 Å². The molecule has 0 radical (unpaired) electrons. The number of nitrogens with zero attached hydrogens (tertiary/aromatic N) is 2. The van der Waals surface area contributed by atoms with Crippen molar-refractivity contribution in [2.75, 3.05) is 25.5 Å². The van der Waals surface area contributed by atoms with Gasteiger partial charge in [0.05, 0.1) is 17.7 Å². The lowest BCUT2D eigenvalue weighted by molar-refractivity contribution is 0.651. The molecule has 1 aromatic rings. The third kappa shape index (κ3) is 3.72. The van der Waals surface area contributed by atoms with Gasteiger partial charge in [-0.3, -0.25) is 0 Å². The number of anilines is 1. The lowest BCUT2D eigenvalue weighted by atomic mass is 10.1. The Morgan fingerprint density at radius 3 is 2.61 bits per heavy atom. The molecule has 0 aliphatic heterocycles. The van der Waals surface area contributed by atoms with Gasteiger partial charge in [-0.15, -0.1) is 0 Å². The highest BCUT2D eigenvalue weighted by Crippen LogP contribution is 2.29. The Morgan fingerprint density at radius 2 is 2.11 bits per heavy atom. The number of nitriles is 1. The molecule has 2 atom stereocenters. The Labute approximate surface area is 118 Å². The second-order valence-corrected chi connectivity index (χ2v) is 5.49. The zero-order chi connectivity index (χ0) is 13.7. The summed E-state index contributed by atoms with van der Waals surface area (Å²) in [6.07, 6.45) is 0. The first-order valence-corrected chi connectivity index (χ1v) is 6.86. The van der Waals surface area contributed by atoms with E-state index in [9.17, 15) is 0 Å². The van der Waals surface area contributed by atoms with Gasteiger partial charge in [0.15, 0.2) is 0 Å². The Kier molecular flexibility index (Phi) is 5.64.